The van der Waals surface area contributed by atoms with Crippen molar-refractivity contribution in [1.29, 1.82) is 0 Å². The summed E-state index contributed by atoms with van der Waals surface area (Å²) < 4.78 is 15.5. The van der Waals surface area contributed by atoms with E-state index >= 15 is 0 Å². The number of hydrogen-bond acceptors (Lipinski definition) is 2. The molecule has 2 N–H and O–H groups in total. The summed E-state index contributed by atoms with van der Waals surface area (Å²) in [5, 5.41) is 3.26. The number of aryl methyl sites for hydroxylation is 1. The van der Waals surface area contributed by atoms with Crippen LogP contribution in [-0.2, 0) is 13.6 Å². The summed E-state index contributed by atoms with van der Waals surface area (Å²) in [5.41, 5.74) is 2.87. The summed E-state index contributed by atoms with van der Waals surface area (Å²) in [5.74, 6) is 0.0717. The molecule has 0 saturated heterocycles. The molecule has 6 heteroatoms. The van der Waals surface area contributed by atoms with Gasteiger partial charge in [-0.15, -0.1) is 0 Å². The van der Waals surface area contributed by atoms with Crippen LogP contribution in [0.4, 0.5) is 4.39 Å². The van der Waals surface area contributed by atoms with Gasteiger partial charge in [0.05, 0.1) is 23.1 Å². The number of fused-ring (bicyclic) bond motifs is 2. The minimum Gasteiger partial charge on any atom is -0.344 e. The Labute approximate surface area is 137 Å². The second kappa shape index (κ2) is 5.49. The minimum absolute atomic E-state index is 0.270. The Hall–Kier alpha value is -3.15. The maximum Gasteiger partial charge on any atom is 0.268 e. The lowest BCUT2D eigenvalue weighted by Crippen LogP contribution is -2.25. The molecule has 0 aliphatic heterocycles. The summed E-state index contributed by atoms with van der Waals surface area (Å²) in [4.78, 5) is 20.0. The number of nitrogens with one attached hydrogen (secondary N) is 2. The van der Waals surface area contributed by atoms with Gasteiger partial charge in [-0.05, 0) is 30.3 Å². The average molecular weight is 322 g/mol. The van der Waals surface area contributed by atoms with Crippen LogP contribution in [0.2, 0.25) is 0 Å². The van der Waals surface area contributed by atoms with Gasteiger partial charge in [0.25, 0.3) is 5.91 Å². The standard InChI is InChI=1S/C18H15FN4O/c1-23-15-8-4-5-12(19)11(15)9-16(23)18(24)20-10-17-21-13-6-2-3-7-14(13)22-17/h2-9H,10H2,1H3,(H,20,24)(H,21,22). The summed E-state index contributed by atoms with van der Waals surface area (Å²) in [6.45, 7) is 0.275. The third-order valence-corrected chi connectivity index (χ3v) is 4.12. The topological polar surface area (TPSA) is 62.7 Å². The largest absolute Gasteiger partial charge is 0.344 e. The lowest BCUT2D eigenvalue weighted by molar-refractivity contribution is 0.0942. The normalized spacial score (nSPS) is 11.2. The molecular weight excluding hydrogens is 307 g/mol. The molecule has 0 aliphatic carbocycles. The fourth-order valence-corrected chi connectivity index (χ4v) is 2.89. The molecule has 0 unspecified atom stereocenters. The number of hydrogen-bond donors (Lipinski definition) is 2. The Balaban J connectivity index is 1.58. The number of benzene rings is 2. The van der Waals surface area contributed by atoms with E-state index in [-0.39, 0.29) is 18.3 Å². The Bertz CT molecular complexity index is 1030. The van der Waals surface area contributed by atoms with Crippen molar-refractivity contribution >= 4 is 27.8 Å². The molecule has 120 valence electrons. The number of nitrogens with zero attached hydrogens (tertiary/aromatic N) is 2. The first-order chi connectivity index (χ1) is 11.6. The van der Waals surface area contributed by atoms with Crippen molar-refractivity contribution in [2.75, 3.05) is 0 Å². The average Bonchev–Trinajstić information content (AvgIpc) is 3.15. The maximum atomic E-state index is 13.9. The molecule has 2 aromatic carbocycles. The fourth-order valence-electron chi connectivity index (χ4n) is 2.89. The third-order valence-electron chi connectivity index (χ3n) is 4.12. The molecule has 0 aliphatic rings. The van der Waals surface area contributed by atoms with E-state index in [1.807, 2.05) is 24.3 Å². The highest BCUT2D eigenvalue weighted by atomic mass is 19.1. The molecule has 0 atom stereocenters. The molecule has 1 amide bonds. The van der Waals surface area contributed by atoms with Crippen LogP contribution in [0.3, 0.4) is 0 Å². The first-order valence-electron chi connectivity index (χ1n) is 7.59. The zero-order chi connectivity index (χ0) is 16.7. The number of aromatic nitrogens is 3. The van der Waals surface area contributed by atoms with Crippen molar-refractivity contribution in [1.82, 2.24) is 19.9 Å². The van der Waals surface area contributed by atoms with Gasteiger partial charge >= 0.3 is 0 Å². The van der Waals surface area contributed by atoms with Crippen molar-refractivity contribution in [3.8, 4) is 0 Å². The van der Waals surface area contributed by atoms with E-state index in [0.717, 1.165) is 11.0 Å². The molecule has 0 bridgehead atoms. The lowest BCUT2D eigenvalue weighted by atomic mass is 10.2. The van der Waals surface area contributed by atoms with E-state index in [0.29, 0.717) is 22.4 Å². The van der Waals surface area contributed by atoms with E-state index in [1.54, 1.807) is 29.8 Å². The van der Waals surface area contributed by atoms with Gasteiger partial charge in [0.15, 0.2) is 0 Å². The van der Waals surface area contributed by atoms with E-state index in [9.17, 15) is 9.18 Å². The number of rotatable bonds is 3. The number of halogens is 1. The highest BCUT2D eigenvalue weighted by Crippen LogP contribution is 2.21. The van der Waals surface area contributed by atoms with Crippen LogP contribution in [0.15, 0.2) is 48.5 Å². The van der Waals surface area contributed by atoms with Crippen LogP contribution in [0.1, 0.15) is 16.3 Å². The molecule has 0 radical (unpaired) electrons. The molecule has 2 aromatic heterocycles. The number of carbonyl (C=O) groups excluding carboxylic acids is 1. The molecule has 4 aromatic rings. The van der Waals surface area contributed by atoms with E-state index in [4.69, 9.17) is 0 Å². The summed E-state index contributed by atoms with van der Waals surface area (Å²) in [6, 6.07) is 14.0. The van der Waals surface area contributed by atoms with Crippen LogP contribution < -0.4 is 5.32 Å². The number of aromatic amines is 1. The predicted octanol–water partition coefficient (Wildman–Crippen LogP) is 3.12. The van der Waals surface area contributed by atoms with E-state index in [1.165, 1.54) is 6.07 Å². The summed E-state index contributed by atoms with van der Waals surface area (Å²) >= 11 is 0. The van der Waals surface area contributed by atoms with E-state index in [2.05, 4.69) is 15.3 Å². The van der Waals surface area contributed by atoms with Crippen LogP contribution in [0, 0.1) is 5.82 Å². The first-order valence-corrected chi connectivity index (χ1v) is 7.59. The van der Waals surface area contributed by atoms with Gasteiger partial charge in [-0.2, -0.15) is 0 Å². The second-order valence-corrected chi connectivity index (χ2v) is 5.64. The molecule has 0 spiro atoms. The zero-order valence-electron chi connectivity index (χ0n) is 13.0. The van der Waals surface area contributed by atoms with Crippen molar-refractivity contribution < 1.29 is 9.18 Å². The van der Waals surface area contributed by atoms with Crippen LogP contribution >= 0.6 is 0 Å². The Morgan fingerprint density at radius 1 is 1.25 bits per heavy atom. The monoisotopic (exact) mass is 322 g/mol. The number of imidazole rings is 1. The molecule has 5 nitrogen and oxygen atoms in total. The minimum atomic E-state index is -0.334. The van der Waals surface area contributed by atoms with Gasteiger partial charge in [0.2, 0.25) is 0 Å². The Kier molecular flexibility index (Phi) is 3.30. The SMILES string of the molecule is Cn1c(C(=O)NCc2nc3ccccc3[nH]2)cc2c(F)cccc21. The number of para-hydroxylation sites is 2. The molecule has 24 heavy (non-hydrogen) atoms. The first kappa shape index (κ1) is 14.4. The van der Waals surface area contributed by atoms with Crippen LogP contribution in [-0.4, -0.2) is 20.4 Å². The third kappa shape index (κ3) is 2.32. The number of amides is 1. The van der Waals surface area contributed by atoms with Crippen molar-refractivity contribution in [3.63, 3.8) is 0 Å². The molecule has 0 saturated carbocycles. The second-order valence-electron chi connectivity index (χ2n) is 5.64. The van der Waals surface area contributed by atoms with E-state index < -0.39 is 0 Å². The quantitative estimate of drug-likeness (QED) is 0.609. The van der Waals surface area contributed by atoms with Gasteiger partial charge in [0.1, 0.15) is 17.3 Å². The summed E-state index contributed by atoms with van der Waals surface area (Å²) in [7, 11) is 1.75. The maximum absolute atomic E-state index is 13.9. The highest BCUT2D eigenvalue weighted by Gasteiger charge is 2.15. The molecule has 4 rings (SSSR count). The van der Waals surface area contributed by atoms with Crippen LogP contribution in [0.5, 0.6) is 0 Å². The highest BCUT2D eigenvalue weighted by molar-refractivity contribution is 5.98. The van der Waals surface area contributed by atoms with Gasteiger partial charge in [-0.25, -0.2) is 9.37 Å². The Morgan fingerprint density at radius 2 is 2.08 bits per heavy atom. The van der Waals surface area contributed by atoms with Crippen molar-refractivity contribution in [2.45, 2.75) is 6.54 Å². The van der Waals surface area contributed by atoms with Gasteiger partial charge in [-0.3, -0.25) is 4.79 Å². The summed E-state index contributed by atoms with van der Waals surface area (Å²) in [6.07, 6.45) is 0. The lowest BCUT2D eigenvalue weighted by Gasteiger charge is -2.05. The van der Waals surface area contributed by atoms with Gasteiger partial charge in [0, 0.05) is 12.4 Å². The zero-order valence-corrected chi connectivity index (χ0v) is 13.0. The molecule has 2 heterocycles. The van der Waals surface area contributed by atoms with Crippen LogP contribution in [0.25, 0.3) is 21.9 Å². The number of H-pyrrole nitrogens is 1. The predicted molar refractivity (Wildman–Crippen MR) is 90.1 cm³/mol. The molecule has 0 fully saturated rings. The van der Waals surface area contributed by atoms with Gasteiger partial charge in [-0.1, -0.05) is 18.2 Å². The van der Waals surface area contributed by atoms with Crippen molar-refractivity contribution in [3.05, 3.63) is 65.9 Å². The van der Waals surface area contributed by atoms with Gasteiger partial charge < -0.3 is 14.9 Å². The fraction of sp³-hybridized carbons (Fsp3) is 0.111. The number of carbonyl (C=O) groups is 1. The molecular formula is C18H15FN4O. The van der Waals surface area contributed by atoms with Crippen molar-refractivity contribution in [2.24, 2.45) is 7.05 Å². The smallest absolute Gasteiger partial charge is 0.268 e. The Morgan fingerprint density at radius 3 is 2.88 bits per heavy atom.